The fraction of sp³-hybridized carbons (Fsp3) is 0. The molecule has 0 spiro atoms. The summed E-state index contributed by atoms with van der Waals surface area (Å²) in [7, 11) is 0. The maximum absolute atomic E-state index is 10.2. The molecule has 0 aliphatic rings. The number of hydrogen-bond acceptors (Lipinski definition) is 4. The molecule has 1 atom stereocenters. The van der Waals surface area contributed by atoms with Gasteiger partial charge in [0.1, 0.15) is 4.60 Å². The van der Waals surface area contributed by atoms with Crippen molar-refractivity contribution in [3.05, 3.63) is 16.9 Å². The first-order valence-corrected chi connectivity index (χ1v) is 4.15. The van der Waals surface area contributed by atoms with E-state index >= 15 is 0 Å². The highest BCUT2D eigenvalue weighted by Crippen LogP contribution is 2.04. The summed E-state index contributed by atoms with van der Waals surface area (Å²) in [5.74, 6) is 0. The van der Waals surface area contributed by atoms with Crippen molar-refractivity contribution < 1.29 is 8.76 Å². The molecule has 0 amide bonds. The molecule has 1 rings (SSSR count). The van der Waals surface area contributed by atoms with Crippen LogP contribution in [0.15, 0.2) is 22.0 Å². The van der Waals surface area contributed by atoms with Gasteiger partial charge >= 0.3 is 0 Å². The van der Waals surface area contributed by atoms with E-state index in [2.05, 4.69) is 25.9 Å². The molecular weight excluding hydrogens is 220 g/mol. The molecule has 1 aromatic rings. The summed E-state index contributed by atoms with van der Waals surface area (Å²) in [5, 5.41) is -0.200. The van der Waals surface area contributed by atoms with Crippen LogP contribution in [0, 0.1) is 0 Å². The van der Waals surface area contributed by atoms with Gasteiger partial charge in [0.25, 0.3) is 0 Å². The van der Waals surface area contributed by atoms with Crippen LogP contribution in [0.1, 0.15) is 0 Å². The SMILES string of the molecule is O=S([O-])c1nccc(Br)n1. The second kappa shape index (κ2) is 3.18. The zero-order chi connectivity index (χ0) is 7.56. The predicted molar refractivity (Wildman–Crippen MR) is 36.9 cm³/mol. The number of halogens is 1. The Kier molecular flexibility index (Phi) is 2.47. The number of hydrogen-bond donors (Lipinski definition) is 0. The summed E-state index contributed by atoms with van der Waals surface area (Å²) in [6.07, 6.45) is 1.36. The van der Waals surface area contributed by atoms with E-state index in [0.717, 1.165) is 0 Å². The van der Waals surface area contributed by atoms with Crippen molar-refractivity contribution in [1.82, 2.24) is 9.97 Å². The molecule has 0 radical (unpaired) electrons. The fourth-order valence-corrected chi connectivity index (χ4v) is 1.12. The molecular formula is C4H2BrN2O2S-. The van der Waals surface area contributed by atoms with E-state index in [9.17, 15) is 8.76 Å². The zero-order valence-electron chi connectivity index (χ0n) is 4.65. The molecule has 0 saturated heterocycles. The molecule has 0 bridgehead atoms. The zero-order valence-corrected chi connectivity index (χ0v) is 7.05. The van der Waals surface area contributed by atoms with Gasteiger partial charge < -0.3 is 4.55 Å². The molecule has 0 saturated carbocycles. The van der Waals surface area contributed by atoms with Crippen molar-refractivity contribution in [2.24, 2.45) is 0 Å². The molecule has 0 aliphatic heterocycles. The minimum absolute atomic E-state index is 0.200. The third-order valence-corrected chi connectivity index (χ3v) is 1.69. The van der Waals surface area contributed by atoms with Gasteiger partial charge in [-0.05, 0) is 22.0 Å². The second-order valence-electron chi connectivity index (χ2n) is 1.40. The van der Waals surface area contributed by atoms with E-state index in [4.69, 9.17) is 0 Å². The summed E-state index contributed by atoms with van der Waals surface area (Å²) >= 11 is 0.665. The first-order valence-electron chi connectivity index (χ1n) is 2.28. The van der Waals surface area contributed by atoms with Crippen molar-refractivity contribution in [1.29, 1.82) is 0 Å². The van der Waals surface area contributed by atoms with Gasteiger partial charge in [0.15, 0.2) is 0 Å². The summed E-state index contributed by atoms with van der Waals surface area (Å²) < 4.78 is 20.9. The molecule has 4 nitrogen and oxygen atoms in total. The van der Waals surface area contributed by atoms with Gasteiger partial charge in [-0.15, -0.1) is 0 Å². The van der Waals surface area contributed by atoms with Crippen LogP contribution in [0.25, 0.3) is 0 Å². The van der Waals surface area contributed by atoms with Crippen molar-refractivity contribution in [2.45, 2.75) is 5.16 Å². The van der Waals surface area contributed by atoms with E-state index < -0.39 is 11.1 Å². The lowest BCUT2D eigenvalue weighted by Gasteiger charge is -2.00. The van der Waals surface area contributed by atoms with Crippen LogP contribution in [-0.2, 0) is 11.1 Å². The average Bonchev–Trinajstić information content (AvgIpc) is 1.88. The Labute approximate surface area is 68.1 Å². The molecule has 1 aromatic heterocycles. The smallest absolute Gasteiger partial charge is 0.205 e. The molecule has 10 heavy (non-hydrogen) atoms. The van der Waals surface area contributed by atoms with Crippen molar-refractivity contribution in [3.63, 3.8) is 0 Å². The molecule has 1 heterocycles. The lowest BCUT2D eigenvalue weighted by molar-refractivity contribution is 0.528. The standard InChI is InChI=1S/C4H3BrN2O2S/c5-3-1-2-6-4(7-3)10(8)9/h1-2H,(H,8,9)/p-1. The number of aromatic nitrogens is 2. The second-order valence-corrected chi connectivity index (χ2v) is 3.04. The van der Waals surface area contributed by atoms with Crippen molar-refractivity contribution >= 4 is 27.0 Å². The van der Waals surface area contributed by atoms with Crippen LogP contribution in [-0.4, -0.2) is 18.7 Å². The molecule has 0 aliphatic carbocycles. The third kappa shape index (κ3) is 1.83. The van der Waals surface area contributed by atoms with Crippen LogP contribution in [0.5, 0.6) is 0 Å². The third-order valence-electron chi connectivity index (χ3n) is 0.749. The first-order chi connectivity index (χ1) is 4.70. The van der Waals surface area contributed by atoms with Crippen LogP contribution >= 0.6 is 15.9 Å². The van der Waals surface area contributed by atoms with Gasteiger partial charge in [0.05, 0.1) is 0 Å². The summed E-state index contributed by atoms with van der Waals surface area (Å²) in [6.45, 7) is 0. The minimum Gasteiger partial charge on any atom is -0.766 e. The van der Waals surface area contributed by atoms with Gasteiger partial charge in [-0.1, -0.05) is 0 Å². The van der Waals surface area contributed by atoms with Crippen molar-refractivity contribution in [3.8, 4) is 0 Å². The Balaban J connectivity index is 3.07. The van der Waals surface area contributed by atoms with Crippen LogP contribution in [0.4, 0.5) is 0 Å². The number of nitrogens with zero attached hydrogens (tertiary/aromatic N) is 2. The first kappa shape index (κ1) is 7.77. The van der Waals surface area contributed by atoms with Crippen LogP contribution in [0.2, 0.25) is 0 Å². The lowest BCUT2D eigenvalue weighted by atomic mass is 10.7. The summed E-state index contributed by atoms with van der Waals surface area (Å²) in [6, 6.07) is 1.55. The van der Waals surface area contributed by atoms with Crippen LogP contribution < -0.4 is 0 Å². The summed E-state index contributed by atoms with van der Waals surface area (Å²) in [4.78, 5) is 7.05. The molecule has 0 fully saturated rings. The largest absolute Gasteiger partial charge is 0.766 e. The highest BCUT2D eigenvalue weighted by atomic mass is 79.9. The minimum atomic E-state index is -2.34. The van der Waals surface area contributed by atoms with Gasteiger partial charge in [-0.2, -0.15) is 0 Å². The Morgan fingerprint density at radius 1 is 1.70 bits per heavy atom. The molecule has 0 aromatic carbocycles. The Morgan fingerprint density at radius 3 is 2.80 bits per heavy atom. The predicted octanol–water partition coefficient (Wildman–Crippen LogP) is 0.477. The Hall–Kier alpha value is -0.330. The van der Waals surface area contributed by atoms with Crippen LogP contribution in [0.3, 0.4) is 0 Å². The fourth-order valence-electron chi connectivity index (χ4n) is 0.400. The van der Waals surface area contributed by atoms with Gasteiger partial charge in [-0.25, -0.2) is 9.97 Å². The van der Waals surface area contributed by atoms with Gasteiger partial charge in [0.2, 0.25) is 5.16 Å². The maximum Gasteiger partial charge on any atom is 0.205 e. The average molecular weight is 222 g/mol. The highest BCUT2D eigenvalue weighted by Gasteiger charge is 1.94. The van der Waals surface area contributed by atoms with Crippen molar-refractivity contribution in [2.75, 3.05) is 0 Å². The molecule has 1 unspecified atom stereocenters. The van der Waals surface area contributed by atoms with E-state index in [1.807, 2.05) is 0 Å². The molecule has 54 valence electrons. The molecule has 0 N–H and O–H groups in total. The van der Waals surface area contributed by atoms with E-state index in [0.29, 0.717) is 4.60 Å². The van der Waals surface area contributed by atoms with E-state index in [-0.39, 0.29) is 5.16 Å². The van der Waals surface area contributed by atoms with Gasteiger partial charge in [0, 0.05) is 17.3 Å². The monoisotopic (exact) mass is 221 g/mol. The van der Waals surface area contributed by atoms with Gasteiger partial charge in [-0.3, -0.25) is 4.21 Å². The lowest BCUT2D eigenvalue weighted by Crippen LogP contribution is -1.96. The summed E-state index contributed by atoms with van der Waals surface area (Å²) in [5.41, 5.74) is 0. The molecule has 6 heteroatoms. The number of rotatable bonds is 1. The Bertz CT molecular complexity index is 267. The quantitative estimate of drug-likeness (QED) is 0.393. The van der Waals surface area contributed by atoms with E-state index in [1.165, 1.54) is 6.20 Å². The maximum atomic E-state index is 10.2. The highest BCUT2D eigenvalue weighted by molar-refractivity contribution is 9.10. The van der Waals surface area contributed by atoms with E-state index in [1.54, 1.807) is 6.07 Å². The normalized spacial score (nSPS) is 13.0. The Morgan fingerprint density at radius 2 is 2.40 bits per heavy atom. The topological polar surface area (TPSA) is 65.9 Å².